The first kappa shape index (κ1) is 35.3. The van der Waals surface area contributed by atoms with Gasteiger partial charge >= 0.3 is 5.97 Å². The van der Waals surface area contributed by atoms with Gasteiger partial charge in [-0.1, -0.05) is 56.7 Å². The normalized spacial score (nSPS) is 13.0. The smallest absolute Gasteiger partial charge is 0.303 e. The molecule has 1 rings (SSSR count). The Kier molecular flexibility index (Phi) is 18.1. The highest BCUT2D eigenvalue weighted by Crippen LogP contribution is 2.14. The minimum absolute atomic E-state index is 0.0234. The lowest BCUT2D eigenvalue weighted by Gasteiger charge is -2.15. The lowest BCUT2D eigenvalue weighted by Crippen LogP contribution is -2.33. The van der Waals surface area contributed by atoms with Crippen LogP contribution in [0.25, 0.3) is 0 Å². The van der Waals surface area contributed by atoms with Gasteiger partial charge in [0.1, 0.15) is 6.67 Å². The Balaban J connectivity index is 3.32. The number of amides is 1. The molecule has 0 bridgehead atoms. The zero-order valence-corrected chi connectivity index (χ0v) is 24.2. The Bertz CT molecular complexity index is 1150. The summed E-state index contributed by atoms with van der Waals surface area (Å²) >= 11 is 0. The average molecular weight is 574 g/mol. The van der Waals surface area contributed by atoms with Crippen LogP contribution in [0.4, 0.5) is 13.2 Å². The molecule has 1 unspecified atom stereocenters. The molecular weight excluding hydrogens is 531 g/mol. The number of allylic oxidation sites excluding steroid dienone is 6. The molecule has 0 saturated heterocycles. The Morgan fingerprint density at radius 2 is 1.73 bits per heavy atom. The van der Waals surface area contributed by atoms with Crippen LogP contribution in [-0.4, -0.2) is 46.1 Å². The molecule has 0 fully saturated rings. The van der Waals surface area contributed by atoms with Crippen molar-refractivity contribution in [2.24, 2.45) is 0 Å². The average Bonchev–Trinajstić information content (AvgIpc) is 2.93. The summed E-state index contributed by atoms with van der Waals surface area (Å²) in [6.07, 6.45) is 13.7. The number of aliphatic carboxylic acids is 1. The molecule has 0 aliphatic carbocycles. The number of carboxylic acid groups (broad SMARTS) is 1. The van der Waals surface area contributed by atoms with Gasteiger partial charge in [0.05, 0.1) is 17.4 Å². The van der Waals surface area contributed by atoms with Crippen molar-refractivity contribution in [1.82, 2.24) is 15.3 Å². The summed E-state index contributed by atoms with van der Waals surface area (Å²) < 4.78 is 39.4. The first-order valence-corrected chi connectivity index (χ1v) is 14.0. The first-order valence-electron chi connectivity index (χ1n) is 14.0. The predicted octanol–water partition coefficient (Wildman–Crippen LogP) is 7.47. The maximum absolute atomic E-state index is 13.4. The minimum Gasteiger partial charge on any atom is -0.481 e. The molecule has 0 radical (unpaired) electrons. The van der Waals surface area contributed by atoms with Crippen LogP contribution < -0.4 is 5.32 Å². The Morgan fingerprint density at radius 3 is 2.39 bits per heavy atom. The van der Waals surface area contributed by atoms with Crippen LogP contribution in [0, 0.1) is 0 Å². The molecule has 0 aliphatic rings. The Hall–Kier alpha value is -3.75. The molecule has 1 amide bonds. The molecule has 1 atom stereocenters. The molecule has 0 aromatic carbocycles. The van der Waals surface area contributed by atoms with Crippen LogP contribution >= 0.6 is 0 Å². The third-order valence-corrected chi connectivity index (χ3v) is 5.96. The standard InChI is InChI=1S/C32H42F3N3O3/c1-4-6-13-26(31(34)35)14-9-18-29-28(17-7-8-19-30(39)40)37-23-20-27(16-11-22-36-29)32(41)38-24(3)25(12-5-2)15-10-21-33/h9-16,20,22-24,31H,4-8,17-19,21H2,1-3H3,(H,38,41)(H,39,40)/b14-9-,15-10-,16-11?,22-11?,23-20?,25-12+,26-13+,27-16?,27-20?,29-28?,36-22?,36-29?,37-23?,37-28?. The number of unbranched alkanes of at least 4 members (excludes halogenated alkanes) is 2. The van der Waals surface area contributed by atoms with E-state index in [-0.39, 0.29) is 30.4 Å². The molecule has 224 valence electrons. The summed E-state index contributed by atoms with van der Waals surface area (Å²) in [5, 5.41) is 11.9. The number of carbonyl (C=O) groups excluding carboxylic acids is 1. The fourth-order valence-electron chi connectivity index (χ4n) is 3.81. The fraction of sp³-hybridized carbons (Fsp3) is 0.438. The second-order valence-electron chi connectivity index (χ2n) is 9.30. The van der Waals surface area contributed by atoms with E-state index in [4.69, 9.17) is 5.11 Å². The molecule has 6 nitrogen and oxygen atoms in total. The van der Waals surface area contributed by atoms with E-state index in [1.807, 2.05) is 26.8 Å². The number of carboxylic acids is 1. The van der Waals surface area contributed by atoms with Gasteiger partial charge in [-0.3, -0.25) is 19.6 Å². The SMILES string of the molecule is CC/C=C(\C=C/CF)C(C)NC(=O)c1cccnc(C/C=C\C(=C/CCC)C(F)F)c(CCCCC(=O)O)ncc1. The zero-order valence-electron chi connectivity index (χ0n) is 24.2. The maximum Gasteiger partial charge on any atom is 0.303 e. The quantitative estimate of drug-likeness (QED) is 0.149. The van der Waals surface area contributed by atoms with Crippen molar-refractivity contribution in [2.75, 3.05) is 6.67 Å². The van der Waals surface area contributed by atoms with Gasteiger partial charge in [0.2, 0.25) is 0 Å². The van der Waals surface area contributed by atoms with Gasteiger partial charge in [0, 0.05) is 36.4 Å². The van der Waals surface area contributed by atoms with Crippen LogP contribution in [0.15, 0.2) is 78.2 Å². The van der Waals surface area contributed by atoms with Crippen LogP contribution in [0.3, 0.4) is 0 Å². The lowest BCUT2D eigenvalue weighted by atomic mass is 10.1. The van der Waals surface area contributed by atoms with Crippen LogP contribution in [-0.2, 0) is 17.6 Å². The third-order valence-electron chi connectivity index (χ3n) is 5.96. The van der Waals surface area contributed by atoms with Crippen molar-refractivity contribution < 1.29 is 27.9 Å². The molecule has 41 heavy (non-hydrogen) atoms. The number of halogens is 3. The summed E-state index contributed by atoms with van der Waals surface area (Å²) in [6, 6.07) is 4.41. The molecule has 1 aromatic rings. The molecule has 1 heterocycles. The number of hydrogen-bond donors (Lipinski definition) is 2. The van der Waals surface area contributed by atoms with Crippen molar-refractivity contribution >= 4 is 11.9 Å². The van der Waals surface area contributed by atoms with Gasteiger partial charge in [-0.2, -0.15) is 0 Å². The number of hydrogen-bond acceptors (Lipinski definition) is 4. The summed E-state index contributed by atoms with van der Waals surface area (Å²) in [7, 11) is 0. The maximum atomic E-state index is 13.4. The number of nitrogens with zero attached hydrogens (tertiary/aromatic N) is 2. The zero-order chi connectivity index (χ0) is 30.5. The second kappa shape index (κ2) is 21.1. The molecule has 1 aromatic heterocycles. The van der Waals surface area contributed by atoms with Crippen molar-refractivity contribution in [1.29, 1.82) is 0 Å². The first-order chi connectivity index (χ1) is 19.7. The number of aromatic nitrogens is 2. The number of nitrogens with one attached hydrogen (secondary N) is 1. The van der Waals surface area contributed by atoms with E-state index in [9.17, 15) is 22.8 Å². The fourth-order valence-corrected chi connectivity index (χ4v) is 3.81. The van der Waals surface area contributed by atoms with Crippen molar-refractivity contribution in [3.05, 3.63) is 95.1 Å². The van der Waals surface area contributed by atoms with E-state index in [2.05, 4.69) is 15.3 Å². The summed E-state index contributed by atoms with van der Waals surface area (Å²) in [5.41, 5.74) is 2.21. The highest BCUT2D eigenvalue weighted by Gasteiger charge is 2.12. The predicted molar refractivity (Wildman–Crippen MR) is 157 cm³/mol. The van der Waals surface area contributed by atoms with E-state index in [0.29, 0.717) is 42.6 Å². The highest BCUT2D eigenvalue weighted by atomic mass is 19.3. The Labute approximate surface area is 241 Å². The number of aryl methyl sites for hydroxylation is 1. The van der Waals surface area contributed by atoms with Crippen molar-refractivity contribution in [3.8, 4) is 0 Å². The topological polar surface area (TPSA) is 92.2 Å². The van der Waals surface area contributed by atoms with Gasteiger partial charge in [-0.25, -0.2) is 13.2 Å². The van der Waals surface area contributed by atoms with Gasteiger partial charge in [-0.05, 0) is 62.8 Å². The van der Waals surface area contributed by atoms with E-state index in [1.165, 1.54) is 30.6 Å². The summed E-state index contributed by atoms with van der Waals surface area (Å²) in [5.74, 6) is -1.23. The van der Waals surface area contributed by atoms with Crippen molar-refractivity contribution in [2.45, 2.75) is 84.6 Å². The number of carbonyl (C=O) groups is 2. The van der Waals surface area contributed by atoms with E-state index >= 15 is 0 Å². The van der Waals surface area contributed by atoms with E-state index < -0.39 is 19.1 Å². The van der Waals surface area contributed by atoms with Gasteiger partial charge in [0.15, 0.2) is 0 Å². The number of alkyl halides is 3. The van der Waals surface area contributed by atoms with Gasteiger partial charge in [-0.15, -0.1) is 0 Å². The number of rotatable bonds is 17. The molecule has 9 heteroatoms. The van der Waals surface area contributed by atoms with Gasteiger partial charge < -0.3 is 10.4 Å². The summed E-state index contributed by atoms with van der Waals surface area (Å²) in [4.78, 5) is 32.9. The van der Waals surface area contributed by atoms with Crippen molar-refractivity contribution in [3.63, 3.8) is 0 Å². The van der Waals surface area contributed by atoms with E-state index in [1.54, 1.807) is 30.4 Å². The van der Waals surface area contributed by atoms with Gasteiger partial charge in [0.25, 0.3) is 12.3 Å². The van der Waals surface area contributed by atoms with Crippen LogP contribution in [0.5, 0.6) is 0 Å². The molecular formula is C32H42F3N3O3. The second-order valence-corrected chi connectivity index (χ2v) is 9.30. The monoisotopic (exact) mass is 573 g/mol. The minimum atomic E-state index is -2.58. The highest BCUT2D eigenvalue weighted by molar-refractivity contribution is 5.94. The summed E-state index contributed by atoms with van der Waals surface area (Å²) in [6.45, 7) is 5.09. The molecule has 2 N–H and O–H groups in total. The molecule has 0 saturated carbocycles. The Morgan fingerprint density at radius 1 is 1.00 bits per heavy atom. The largest absolute Gasteiger partial charge is 0.481 e. The molecule has 0 aliphatic heterocycles. The van der Waals surface area contributed by atoms with E-state index in [0.717, 1.165) is 18.4 Å². The molecule has 0 spiro atoms. The lowest BCUT2D eigenvalue weighted by molar-refractivity contribution is -0.137. The van der Waals surface area contributed by atoms with Crippen LogP contribution in [0.1, 0.15) is 81.0 Å². The third kappa shape index (κ3) is 15.0. The van der Waals surface area contributed by atoms with Crippen LogP contribution in [0.2, 0.25) is 0 Å².